The quantitative estimate of drug-likeness (QED) is 0.270. The zero-order valence-corrected chi connectivity index (χ0v) is 4.90. The lowest BCUT2D eigenvalue weighted by Crippen LogP contribution is -2.25. The molecule has 9 heavy (non-hydrogen) atoms. The van der Waals surface area contributed by atoms with Gasteiger partial charge in [-0.1, -0.05) is 0 Å². The van der Waals surface area contributed by atoms with Gasteiger partial charge in [0.1, 0.15) is 6.04 Å². The summed E-state index contributed by atoms with van der Waals surface area (Å²) >= 11 is 0. The van der Waals surface area contributed by atoms with Gasteiger partial charge in [0.2, 0.25) is 0 Å². The van der Waals surface area contributed by atoms with Crippen molar-refractivity contribution in [3.8, 4) is 0 Å². The molecule has 0 saturated carbocycles. The van der Waals surface area contributed by atoms with Gasteiger partial charge in [-0.2, -0.15) is 0 Å². The van der Waals surface area contributed by atoms with Crippen molar-refractivity contribution in [3.05, 3.63) is 10.4 Å². The van der Waals surface area contributed by atoms with Gasteiger partial charge >= 0.3 is 5.97 Å². The largest absolute Gasteiger partial charge is 0.480 e. The van der Waals surface area contributed by atoms with Crippen molar-refractivity contribution in [2.75, 3.05) is 0 Å². The van der Waals surface area contributed by atoms with Crippen molar-refractivity contribution in [1.29, 1.82) is 5.53 Å². The minimum absolute atomic E-state index is 0.731. The molecule has 6 heteroatoms. The molecular weight excluding hydrogens is 124 g/mol. The van der Waals surface area contributed by atoms with E-state index < -0.39 is 12.0 Å². The van der Waals surface area contributed by atoms with Crippen LogP contribution in [0.3, 0.4) is 0 Å². The number of hydrogen-bond acceptors (Lipinski definition) is 3. The minimum atomic E-state index is -0.963. The minimum Gasteiger partial charge on any atom is -0.480 e. The first kappa shape index (κ1) is 10.7. The van der Waals surface area contributed by atoms with Crippen LogP contribution >= 0.6 is 0 Å². The Morgan fingerprint density at radius 2 is 2.11 bits per heavy atom. The monoisotopic (exact) mass is 132 g/mol. The molecule has 0 radical (unpaired) electrons. The van der Waals surface area contributed by atoms with Crippen LogP contribution in [0.5, 0.6) is 0 Å². The van der Waals surface area contributed by atoms with Gasteiger partial charge in [0, 0.05) is 0 Å². The number of nitrogens with zero attached hydrogens (tertiary/aromatic N) is 2. The third kappa shape index (κ3) is 20.2. The maximum atomic E-state index is 9.57. The van der Waals surface area contributed by atoms with E-state index in [1.54, 1.807) is 4.91 Å². The lowest BCUT2D eigenvalue weighted by atomic mass is 10.4. The Hall–Kier alpha value is -1.26. The lowest BCUT2D eigenvalue weighted by Gasteiger charge is -1.90. The highest BCUT2D eigenvalue weighted by molar-refractivity contribution is 5.72. The molecule has 0 aliphatic heterocycles. The van der Waals surface area contributed by atoms with Gasteiger partial charge in [0.15, 0.2) is 0 Å². The third-order valence-electron chi connectivity index (χ3n) is 0.390. The van der Waals surface area contributed by atoms with E-state index in [1.165, 1.54) is 6.92 Å². The van der Waals surface area contributed by atoms with Gasteiger partial charge in [-0.05, 0) is 17.4 Å². The van der Waals surface area contributed by atoms with Crippen LogP contribution < -0.4 is 5.73 Å². The van der Waals surface area contributed by atoms with Gasteiger partial charge < -0.3 is 10.8 Å². The molecule has 0 amide bonds. The average molecular weight is 132 g/mol. The van der Waals surface area contributed by atoms with Crippen LogP contribution in [0.15, 0.2) is 0 Å². The van der Waals surface area contributed by atoms with Crippen molar-refractivity contribution < 1.29 is 9.90 Å². The normalized spacial score (nSPS) is 10.0. The second-order valence-electron chi connectivity index (χ2n) is 1.23. The lowest BCUT2D eigenvalue weighted by molar-refractivity contribution is -0.138. The van der Waals surface area contributed by atoms with E-state index in [1.807, 2.05) is 0 Å². The Morgan fingerprint density at radius 3 is 2.11 bits per heavy atom. The second-order valence-corrected chi connectivity index (χ2v) is 1.23. The van der Waals surface area contributed by atoms with Crippen molar-refractivity contribution in [1.82, 2.24) is 0 Å². The SMILES string of the molecule is C[C@H](N)C(=O)O.[N-]=[N+]=N. The van der Waals surface area contributed by atoms with Gasteiger partial charge in [-0.25, -0.2) is 0 Å². The molecule has 0 bridgehead atoms. The number of carboxylic acid groups (broad SMARTS) is 1. The first-order valence-corrected chi connectivity index (χ1v) is 2.05. The molecule has 0 rings (SSSR count). The fourth-order valence-electron chi connectivity index (χ4n) is 0. The number of carboxylic acids is 1. The zero-order valence-electron chi connectivity index (χ0n) is 4.90. The molecule has 0 heterocycles. The summed E-state index contributed by atoms with van der Waals surface area (Å²) in [7, 11) is 0. The molecule has 4 N–H and O–H groups in total. The number of hydrogen-bond donors (Lipinski definition) is 3. The number of rotatable bonds is 1. The second kappa shape index (κ2) is 6.74. The van der Waals surface area contributed by atoms with Crippen LogP contribution in [0, 0.1) is 5.53 Å². The molecule has 52 valence electrons. The van der Waals surface area contributed by atoms with E-state index in [-0.39, 0.29) is 0 Å². The Balaban J connectivity index is 0. The van der Waals surface area contributed by atoms with E-state index >= 15 is 0 Å². The molecule has 0 aromatic heterocycles. The van der Waals surface area contributed by atoms with Crippen LogP contribution in [0.2, 0.25) is 0 Å². The molecule has 0 spiro atoms. The summed E-state index contributed by atoms with van der Waals surface area (Å²) in [6.45, 7) is 1.42. The highest BCUT2D eigenvalue weighted by atomic mass is 16.4. The van der Waals surface area contributed by atoms with Crippen molar-refractivity contribution >= 4 is 5.97 Å². The summed E-state index contributed by atoms with van der Waals surface area (Å²) < 4.78 is 0. The molecule has 1 atom stereocenters. The zero-order chi connectivity index (χ0) is 7.86. The van der Waals surface area contributed by atoms with Crippen LogP contribution in [-0.2, 0) is 4.79 Å². The highest BCUT2D eigenvalue weighted by Gasteiger charge is 1.99. The van der Waals surface area contributed by atoms with E-state index in [0.29, 0.717) is 0 Å². The maximum absolute atomic E-state index is 9.57. The first-order valence-electron chi connectivity index (χ1n) is 2.05. The molecule has 0 aliphatic carbocycles. The van der Waals surface area contributed by atoms with E-state index in [4.69, 9.17) is 21.9 Å². The Morgan fingerprint density at radius 1 is 2.00 bits per heavy atom. The topological polar surface area (TPSA) is 124 Å². The van der Waals surface area contributed by atoms with Crippen molar-refractivity contribution in [2.24, 2.45) is 5.73 Å². The van der Waals surface area contributed by atoms with Gasteiger partial charge in [0.25, 0.3) is 0 Å². The Kier molecular flexibility index (Phi) is 7.99. The molecule has 0 aliphatic rings. The van der Waals surface area contributed by atoms with Crippen LogP contribution in [0.4, 0.5) is 0 Å². The van der Waals surface area contributed by atoms with Gasteiger partial charge in [-0.15, -0.1) is 5.53 Å². The van der Waals surface area contributed by atoms with Gasteiger partial charge in [0.05, 0.1) is 0 Å². The number of aliphatic carboxylic acids is 1. The van der Waals surface area contributed by atoms with Crippen molar-refractivity contribution in [2.45, 2.75) is 13.0 Å². The predicted octanol–water partition coefficient (Wildman–Crippen LogP) is 0.294. The van der Waals surface area contributed by atoms with E-state index in [2.05, 4.69) is 0 Å². The summed E-state index contributed by atoms with van der Waals surface area (Å²) in [5.41, 5.74) is 17.1. The number of carbonyl (C=O) groups is 1. The first-order chi connectivity index (χ1) is 4.06. The Labute approximate surface area is 51.7 Å². The fourth-order valence-corrected chi connectivity index (χ4v) is 0. The smallest absolute Gasteiger partial charge is 0.320 e. The molecule has 0 aromatic carbocycles. The highest BCUT2D eigenvalue weighted by Crippen LogP contribution is 1.68. The van der Waals surface area contributed by atoms with Gasteiger partial charge in [-0.3, -0.25) is 4.79 Å². The molecule has 0 aromatic rings. The molecule has 0 fully saturated rings. The average Bonchev–Trinajstić information content (AvgIpc) is 1.68. The summed E-state index contributed by atoms with van der Waals surface area (Å²) in [6.07, 6.45) is 0. The summed E-state index contributed by atoms with van der Waals surface area (Å²) in [6, 6.07) is -0.731. The predicted molar refractivity (Wildman–Crippen MR) is 30.7 cm³/mol. The molecule has 6 nitrogen and oxygen atoms in total. The summed E-state index contributed by atoms with van der Waals surface area (Å²) in [5.74, 6) is -0.963. The van der Waals surface area contributed by atoms with Crippen molar-refractivity contribution in [3.63, 3.8) is 0 Å². The van der Waals surface area contributed by atoms with Crippen LogP contribution in [0.25, 0.3) is 10.4 Å². The summed E-state index contributed by atoms with van der Waals surface area (Å²) in [4.78, 5) is 11.3. The summed E-state index contributed by atoms with van der Waals surface area (Å²) in [5, 5.41) is 7.87. The standard InChI is InChI=1S/C3H7NO2.HN3/c1-2(4)3(5)6;1-3-2/h2H,4H2,1H3,(H,5,6);1H/t2-;/m0./s1. The Bertz CT molecular complexity index is 115. The van der Waals surface area contributed by atoms with Crippen LogP contribution in [-0.4, -0.2) is 17.1 Å². The number of nitrogens with one attached hydrogen (secondary N) is 1. The molecular formula is C3H8N4O2. The van der Waals surface area contributed by atoms with E-state index in [9.17, 15) is 4.79 Å². The third-order valence-corrected chi connectivity index (χ3v) is 0.390. The number of nitrogens with two attached hydrogens (primary N) is 1. The maximum Gasteiger partial charge on any atom is 0.320 e. The van der Waals surface area contributed by atoms with Crippen LogP contribution in [0.1, 0.15) is 6.92 Å². The molecule has 0 saturated heterocycles. The fraction of sp³-hybridized carbons (Fsp3) is 0.667. The van der Waals surface area contributed by atoms with E-state index in [0.717, 1.165) is 0 Å². The molecule has 0 unspecified atom stereocenters.